The molecule has 1 aliphatic carbocycles. The Morgan fingerprint density at radius 3 is 2.33 bits per heavy atom. The maximum Gasteiger partial charge on any atom is 1.00 e. The van der Waals surface area contributed by atoms with Crippen LogP contribution < -0.4 is 51.4 Å². The predicted molar refractivity (Wildman–Crippen MR) is 42.2 cm³/mol. The predicted octanol–water partition coefficient (Wildman–Crippen LogP) is -2.31. The van der Waals surface area contributed by atoms with E-state index in [-0.39, 0.29) is 51.4 Å². The fourth-order valence-corrected chi connectivity index (χ4v) is 2.15. The molecule has 3 heteroatoms. The topological polar surface area (TPSA) is 12.5 Å². The van der Waals surface area contributed by atoms with E-state index in [9.17, 15) is 0 Å². The van der Waals surface area contributed by atoms with Crippen molar-refractivity contribution in [2.24, 2.45) is 5.41 Å². The molecule has 2 aliphatic heterocycles. The summed E-state index contributed by atoms with van der Waals surface area (Å²) >= 11 is 0. The van der Waals surface area contributed by atoms with Crippen molar-refractivity contribution in [1.29, 1.82) is 0 Å². The molecule has 0 N–H and O–H groups in total. The van der Waals surface area contributed by atoms with Gasteiger partial charge in [-0.2, -0.15) is 0 Å². The largest absolute Gasteiger partial charge is 1.00 e. The number of nitrogens with zero attached hydrogens (tertiary/aromatic N) is 1. The van der Waals surface area contributed by atoms with Crippen LogP contribution in [0.4, 0.5) is 0 Å². The molecule has 1 saturated carbocycles. The first-order valence-corrected chi connectivity index (χ1v) is 4.50. The minimum Gasteiger partial charge on any atom is -0.380 e. The van der Waals surface area contributed by atoms with Gasteiger partial charge in [0, 0.05) is 18.5 Å². The van der Waals surface area contributed by atoms with E-state index in [1.54, 1.807) is 5.92 Å². The summed E-state index contributed by atoms with van der Waals surface area (Å²) < 4.78 is 5.22. The first-order valence-electron chi connectivity index (χ1n) is 4.50. The molecule has 0 amide bonds. The summed E-state index contributed by atoms with van der Waals surface area (Å²) in [5, 5.41) is 0. The van der Waals surface area contributed by atoms with Gasteiger partial charge in [-0.05, 0) is 0 Å². The Morgan fingerprint density at radius 2 is 1.92 bits per heavy atom. The molecule has 0 aromatic carbocycles. The summed E-state index contributed by atoms with van der Waals surface area (Å²) in [6, 6.07) is 0. The van der Waals surface area contributed by atoms with Crippen LogP contribution in [0.1, 0.15) is 12.8 Å². The molecule has 0 unspecified atom stereocenters. The molecular formula is C9H14KNO. The molecular weight excluding hydrogens is 177 g/mol. The first kappa shape index (κ1) is 10.1. The van der Waals surface area contributed by atoms with Crippen molar-refractivity contribution < 1.29 is 56.1 Å². The summed E-state index contributed by atoms with van der Waals surface area (Å²) in [4.78, 5) is 2.56. The van der Waals surface area contributed by atoms with E-state index < -0.39 is 0 Å². The Labute approximate surface area is 116 Å². The number of hydrogen-bond donors (Lipinski definition) is 0. The van der Waals surface area contributed by atoms with E-state index in [0.29, 0.717) is 5.41 Å². The summed E-state index contributed by atoms with van der Waals surface area (Å²) in [5.41, 5.74) is 0.620. The van der Waals surface area contributed by atoms with E-state index in [4.69, 9.17) is 4.74 Å². The van der Waals surface area contributed by atoms with Gasteiger partial charge in [0.25, 0.3) is 0 Å². The normalized spacial score (nSPS) is 32.0. The minimum absolute atomic E-state index is 0. The van der Waals surface area contributed by atoms with E-state index in [0.717, 1.165) is 13.2 Å². The summed E-state index contributed by atoms with van der Waals surface area (Å²) in [6.07, 6.45) is 2.81. The third-order valence-corrected chi connectivity index (χ3v) is 2.99. The standard InChI is InChI=1S/C9H14NO.K/c1-2-8(1)3-10-4-9(5-10)6-11-7-9;/h1-7H2;/q-1;+1. The minimum atomic E-state index is 0. The average Bonchev–Trinajstić information content (AvgIpc) is 2.54. The van der Waals surface area contributed by atoms with Crippen molar-refractivity contribution in [1.82, 2.24) is 4.90 Å². The maximum atomic E-state index is 5.22. The van der Waals surface area contributed by atoms with Crippen molar-refractivity contribution in [3.63, 3.8) is 0 Å². The van der Waals surface area contributed by atoms with Gasteiger partial charge in [0.05, 0.1) is 13.2 Å². The van der Waals surface area contributed by atoms with Crippen molar-refractivity contribution in [3.05, 3.63) is 5.92 Å². The van der Waals surface area contributed by atoms with Gasteiger partial charge in [-0.1, -0.05) is 0 Å². The van der Waals surface area contributed by atoms with E-state index >= 15 is 0 Å². The van der Waals surface area contributed by atoms with E-state index in [1.807, 2.05) is 0 Å². The molecule has 2 saturated heterocycles. The Balaban J connectivity index is 0.000000563. The van der Waals surface area contributed by atoms with Gasteiger partial charge in [0.15, 0.2) is 0 Å². The SMILES string of the molecule is C1C[C-]1CN1CC2(COC2)C1.[K+]. The fourth-order valence-electron chi connectivity index (χ4n) is 2.15. The van der Waals surface area contributed by atoms with E-state index in [1.165, 1.54) is 32.5 Å². The second-order valence-corrected chi connectivity index (χ2v) is 4.39. The quantitative estimate of drug-likeness (QED) is 0.359. The van der Waals surface area contributed by atoms with Crippen molar-refractivity contribution in [2.45, 2.75) is 12.8 Å². The Kier molecular flexibility index (Phi) is 3.03. The monoisotopic (exact) mass is 191 g/mol. The molecule has 3 fully saturated rings. The Morgan fingerprint density at radius 1 is 1.25 bits per heavy atom. The zero-order valence-corrected chi connectivity index (χ0v) is 10.9. The van der Waals surface area contributed by atoms with Crippen molar-refractivity contribution >= 4 is 0 Å². The number of rotatable bonds is 2. The second kappa shape index (κ2) is 3.61. The average molecular weight is 191 g/mol. The third kappa shape index (κ3) is 1.83. The molecule has 2 nitrogen and oxygen atoms in total. The summed E-state index contributed by atoms with van der Waals surface area (Å²) in [5.74, 6) is 1.76. The smallest absolute Gasteiger partial charge is 0.380 e. The first-order chi connectivity index (χ1) is 5.36. The van der Waals surface area contributed by atoms with Gasteiger partial charge < -0.3 is 15.6 Å². The zero-order chi connectivity index (χ0) is 7.31. The summed E-state index contributed by atoms with van der Waals surface area (Å²) in [7, 11) is 0. The molecule has 0 aromatic rings. The van der Waals surface area contributed by atoms with Crippen LogP contribution in [-0.4, -0.2) is 37.7 Å². The molecule has 0 aromatic heterocycles. The third-order valence-electron chi connectivity index (χ3n) is 2.99. The fraction of sp³-hybridized carbons (Fsp3) is 0.889. The van der Waals surface area contributed by atoms with Crippen LogP contribution in [-0.2, 0) is 4.74 Å². The Bertz CT molecular complexity index is 169. The van der Waals surface area contributed by atoms with Gasteiger partial charge in [0.2, 0.25) is 0 Å². The molecule has 2 heterocycles. The molecule has 0 radical (unpaired) electrons. The molecule has 62 valence electrons. The molecule has 0 bridgehead atoms. The second-order valence-electron chi connectivity index (χ2n) is 4.39. The van der Waals surface area contributed by atoms with Crippen LogP contribution in [0.3, 0.4) is 0 Å². The van der Waals surface area contributed by atoms with Gasteiger partial charge in [0.1, 0.15) is 0 Å². The zero-order valence-electron chi connectivity index (χ0n) is 7.81. The molecule has 3 aliphatic rings. The van der Waals surface area contributed by atoms with Crippen molar-refractivity contribution in [2.75, 3.05) is 32.8 Å². The van der Waals surface area contributed by atoms with E-state index in [2.05, 4.69) is 4.90 Å². The Hall–Kier alpha value is 1.56. The molecule has 12 heavy (non-hydrogen) atoms. The number of ether oxygens (including phenoxy) is 1. The van der Waals surface area contributed by atoms with Crippen LogP contribution in [0.15, 0.2) is 0 Å². The van der Waals surface area contributed by atoms with Gasteiger partial charge in [-0.25, -0.2) is 12.8 Å². The van der Waals surface area contributed by atoms with Gasteiger partial charge in [-0.3, -0.25) is 0 Å². The van der Waals surface area contributed by atoms with Crippen LogP contribution in [0, 0.1) is 11.3 Å². The van der Waals surface area contributed by atoms with Crippen LogP contribution in [0.2, 0.25) is 0 Å². The number of hydrogen-bond acceptors (Lipinski definition) is 2. The van der Waals surface area contributed by atoms with Crippen molar-refractivity contribution in [3.8, 4) is 0 Å². The van der Waals surface area contributed by atoms with Gasteiger partial charge in [-0.15, -0.1) is 6.54 Å². The number of likely N-dealkylation sites (tertiary alicyclic amines) is 1. The molecule has 1 spiro atoms. The van der Waals surface area contributed by atoms with Crippen LogP contribution in [0.5, 0.6) is 0 Å². The maximum absolute atomic E-state index is 5.22. The van der Waals surface area contributed by atoms with Crippen LogP contribution >= 0.6 is 0 Å². The molecule has 3 rings (SSSR count). The molecule has 0 atom stereocenters. The van der Waals surface area contributed by atoms with Crippen LogP contribution in [0.25, 0.3) is 0 Å². The van der Waals surface area contributed by atoms with Gasteiger partial charge >= 0.3 is 51.4 Å². The summed E-state index contributed by atoms with van der Waals surface area (Å²) in [6.45, 7) is 5.95.